The molecule has 2 aromatic carbocycles. The summed E-state index contributed by atoms with van der Waals surface area (Å²) in [6.07, 6.45) is 2.39. The van der Waals surface area contributed by atoms with Gasteiger partial charge in [0.2, 0.25) is 5.91 Å². The number of nitrogens with zero attached hydrogens (tertiary/aromatic N) is 2. The minimum atomic E-state index is -0.276. The second-order valence-electron chi connectivity index (χ2n) is 7.44. The van der Waals surface area contributed by atoms with E-state index in [1.807, 2.05) is 29.6 Å². The van der Waals surface area contributed by atoms with Crippen LogP contribution in [0.3, 0.4) is 0 Å². The van der Waals surface area contributed by atoms with E-state index in [1.165, 1.54) is 16.9 Å². The van der Waals surface area contributed by atoms with E-state index in [0.29, 0.717) is 17.3 Å². The van der Waals surface area contributed by atoms with Crippen LogP contribution >= 0.6 is 11.3 Å². The Labute approximate surface area is 183 Å². The molecule has 1 N–H and O–H groups in total. The van der Waals surface area contributed by atoms with Gasteiger partial charge in [-0.3, -0.25) is 14.9 Å². The van der Waals surface area contributed by atoms with Crippen molar-refractivity contribution >= 4 is 34.0 Å². The highest BCUT2D eigenvalue weighted by Crippen LogP contribution is 2.32. The normalized spacial score (nSPS) is 15.0. The van der Waals surface area contributed by atoms with Gasteiger partial charge in [0.25, 0.3) is 5.91 Å². The first-order valence-electron chi connectivity index (χ1n) is 10.2. The monoisotopic (exact) mass is 435 g/mol. The first-order valence-corrected chi connectivity index (χ1v) is 11.1. The molecule has 5 rings (SSSR count). The standard InChI is InChI=1S/C23H21N3O4S/c27-21(13-30-18-6-4-17(5-7-18)26-10-1-2-22(26)28)25-23-24-19(14-31-23)15-3-8-20-16(12-15)9-11-29-20/h3-8,12,14H,1-2,9-11,13H2,(H,24,25,27). The van der Waals surface area contributed by atoms with Crippen molar-refractivity contribution in [2.24, 2.45) is 0 Å². The number of anilines is 2. The van der Waals surface area contributed by atoms with Crippen molar-refractivity contribution in [2.45, 2.75) is 19.3 Å². The summed E-state index contributed by atoms with van der Waals surface area (Å²) in [5.41, 5.74) is 3.87. The lowest BCUT2D eigenvalue weighted by atomic mass is 10.1. The zero-order valence-electron chi connectivity index (χ0n) is 16.8. The van der Waals surface area contributed by atoms with Crippen LogP contribution in [0.25, 0.3) is 11.3 Å². The molecule has 0 saturated carbocycles. The van der Waals surface area contributed by atoms with Crippen molar-refractivity contribution < 1.29 is 19.1 Å². The summed E-state index contributed by atoms with van der Waals surface area (Å²) in [6, 6.07) is 13.3. The van der Waals surface area contributed by atoms with E-state index in [1.54, 1.807) is 17.0 Å². The number of ether oxygens (including phenoxy) is 2. The van der Waals surface area contributed by atoms with E-state index >= 15 is 0 Å². The Morgan fingerprint density at radius 3 is 2.87 bits per heavy atom. The van der Waals surface area contributed by atoms with Crippen LogP contribution in [0.1, 0.15) is 18.4 Å². The second-order valence-corrected chi connectivity index (χ2v) is 8.30. The molecule has 8 heteroatoms. The lowest BCUT2D eigenvalue weighted by Crippen LogP contribution is -2.23. The van der Waals surface area contributed by atoms with Crippen LogP contribution in [0.15, 0.2) is 47.8 Å². The van der Waals surface area contributed by atoms with Crippen LogP contribution in [0.2, 0.25) is 0 Å². The number of benzene rings is 2. The largest absolute Gasteiger partial charge is 0.493 e. The number of nitrogens with one attached hydrogen (secondary N) is 1. The van der Waals surface area contributed by atoms with Crippen molar-refractivity contribution in [1.29, 1.82) is 0 Å². The topological polar surface area (TPSA) is 80.8 Å². The summed E-state index contributed by atoms with van der Waals surface area (Å²) in [7, 11) is 0. The summed E-state index contributed by atoms with van der Waals surface area (Å²) in [5.74, 6) is 1.38. The molecule has 1 fully saturated rings. The van der Waals surface area contributed by atoms with E-state index in [9.17, 15) is 9.59 Å². The highest BCUT2D eigenvalue weighted by molar-refractivity contribution is 7.14. The van der Waals surface area contributed by atoms with Crippen molar-refractivity contribution in [3.05, 3.63) is 53.4 Å². The number of thiazole rings is 1. The second kappa shape index (κ2) is 8.39. The molecular formula is C23H21N3O4S. The Balaban J connectivity index is 1.16. The number of aromatic nitrogens is 1. The lowest BCUT2D eigenvalue weighted by Gasteiger charge is -2.16. The highest BCUT2D eigenvalue weighted by Gasteiger charge is 2.21. The number of carbonyl (C=O) groups is 2. The molecule has 0 spiro atoms. The Hall–Kier alpha value is -3.39. The van der Waals surface area contributed by atoms with E-state index in [-0.39, 0.29) is 18.4 Å². The van der Waals surface area contributed by atoms with E-state index in [2.05, 4.69) is 16.4 Å². The third-order valence-electron chi connectivity index (χ3n) is 5.33. The van der Waals surface area contributed by atoms with Crippen LogP contribution in [-0.4, -0.2) is 36.6 Å². The molecule has 0 unspecified atom stereocenters. The molecule has 0 radical (unpaired) electrons. The number of hydrogen-bond donors (Lipinski definition) is 1. The molecule has 0 atom stereocenters. The molecule has 158 valence electrons. The van der Waals surface area contributed by atoms with E-state index in [4.69, 9.17) is 9.47 Å². The summed E-state index contributed by atoms with van der Waals surface area (Å²) in [5, 5.41) is 5.24. The van der Waals surface area contributed by atoms with Crippen molar-refractivity contribution in [3.8, 4) is 22.8 Å². The highest BCUT2D eigenvalue weighted by atomic mass is 32.1. The van der Waals surface area contributed by atoms with Gasteiger partial charge in [0.15, 0.2) is 11.7 Å². The van der Waals surface area contributed by atoms with Crippen LogP contribution in [0.4, 0.5) is 10.8 Å². The molecule has 0 aliphatic carbocycles. The summed E-state index contributed by atoms with van der Waals surface area (Å²) in [6.45, 7) is 1.35. The van der Waals surface area contributed by atoms with Gasteiger partial charge in [-0.1, -0.05) is 0 Å². The summed E-state index contributed by atoms with van der Waals surface area (Å²) in [4.78, 5) is 30.4. The maximum atomic E-state index is 12.3. The van der Waals surface area contributed by atoms with Crippen molar-refractivity contribution in [2.75, 3.05) is 30.0 Å². The fraction of sp³-hybridized carbons (Fsp3) is 0.261. The Bertz CT molecular complexity index is 1130. The van der Waals surface area contributed by atoms with Crippen molar-refractivity contribution in [1.82, 2.24) is 4.98 Å². The number of amides is 2. The van der Waals surface area contributed by atoms with Gasteiger partial charge < -0.3 is 14.4 Å². The molecule has 3 aromatic rings. The molecule has 2 aliphatic rings. The molecule has 3 heterocycles. The quantitative estimate of drug-likeness (QED) is 0.635. The molecular weight excluding hydrogens is 414 g/mol. The molecule has 31 heavy (non-hydrogen) atoms. The average Bonchev–Trinajstić information content (AvgIpc) is 3.53. The fourth-order valence-electron chi connectivity index (χ4n) is 3.76. The summed E-state index contributed by atoms with van der Waals surface area (Å²) >= 11 is 1.38. The third-order valence-corrected chi connectivity index (χ3v) is 6.09. The van der Waals surface area contributed by atoms with Gasteiger partial charge in [-0.2, -0.15) is 0 Å². The molecule has 2 amide bonds. The third kappa shape index (κ3) is 4.25. The van der Waals surface area contributed by atoms with E-state index < -0.39 is 0 Å². The first kappa shape index (κ1) is 19.6. The van der Waals surface area contributed by atoms with Crippen LogP contribution < -0.4 is 19.7 Å². The fourth-order valence-corrected chi connectivity index (χ4v) is 4.49. The predicted molar refractivity (Wildman–Crippen MR) is 119 cm³/mol. The molecule has 0 bridgehead atoms. The molecule has 1 aromatic heterocycles. The lowest BCUT2D eigenvalue weighted by molar-refractivity contribution is -0.118. The van der Waals surface area contributed by atoms with Gasteiger partial charge >= 0.3 is 0 Å². The van der Waals surface area contributed by atoms with E-state index in [0.717, 1.165) is 48.7 Å². The zero-order valence-corrected chi connectivity index (χ0v) is 17.6. The average molecular weight is 436 g/mol. The molecule has 1 saturated heterocycles. The van der Waals surface area contributed by atoms with Crippen LogP contribution in [0.5, 0.6) is 11.5 Å². The van der Waals surface area contributed by atoms with Crippen LogP contribution in [0, 0.1) is 0 Å². The zero-order chi connectivity index (χ0) is 21.2. The van der Waals surface area contributed by atoms with Gasteiger partial charge in [-0.05, 0) is 54.4 Å². The Kier molecular flexibility index (Phi) is 5.30. The van der Waals surface area contributed by atoms with Crippen LogP contribution in [-0.2, 0) is 16.0 Å². The maximum Gasteiger partial charge on any atom is 0.264 e. The number of fused-ring (bicyclic) bond motifs is 1. The minimum absolute atomic E-state index is 0.118. The maximum absolute atomic E-state index is 12.3. The van der Waals surface area contributed by atoms with Gasteiger partial charge in [0.05, 0.1) is 12.3 Å². The minimum Gasteiger partial charge on any atom is -0.493 e. The first-order chi connectivity index (χ1) is 15.2. The Morgan fingerprint density at radius 1 is 1.19 bits per heavy atom. The molecule has 7 nitrogen and oxygen atoms in total. The van der Waals surface area contributed by atoms with Crippen molar-refractivity contribution in [3.63, 3.8) is 0 Å². The summed E-state index contributed by atoms with van der Waals surface area (Å²) < 4.78 is 11.1. The smallest absolute Gasteiger partial charge is 0.264 e. The van der Waals surface area contributed by atoms with Gasteiger partial charge in [0.1, 0.15) is 11.5 Å². The molecule has 2 aliphatic heterocycles. The van der Waals surface area contributed by atoms with Gasteiger partial charge in [-0.15, -0.1) is 11.3 Å². The number of hydrogen-bond acceptors (Lipinski definition) is 6. The number of carbonyl (C=O) groups excluding carboxylic acids is 2. The SMILES string of the molecule is O=C(COc1ccc(N2CCCC2=O)cc1)Nc1nc(-c2ccc3c(c2)CCO3)cs1. The van der Waals surface area contributed by atoms with Gasteiger partial charge in [-0.25, -0.2) is 4.98 Å². The number of rotatable bonds is 6. The van der Waals surface area contributed by atoms with Gasteiger partial charge in [0, 0.05) is 36.0 Å². The Morgan fingerprint density at radius 2 is 2.06 bits per heavy atom. The predicted octanol–water partition coefficient (Wildman–Crippen LogP) is 3.89.